The summed E-state index contributed by atoms with van der Waals surface area (Å²) in [7, 11) is 0. The summed E-state index contributed by atoms with van der Waals surface area (Å²) >= 11 is 7.78. The number of hydrogen-bond acceptors (Lipinski definition) is 4. The molecule has 0 spiro atoms. The number of nitrogens with zero attached hydrogens (tertiary/aromatic N) is 1. The van der Waals surface area contributed by atoms with E-state index in [1.807, 2.05) is 18.4 Å². The van der Waals surface area contributed by atoms with E-state index >= 15 is 0 Å². The molecule has 6 heteroatoms. The first-order valence-electron chi connectivity index (χ1n) is 6.76. The second-order valence-corrected chi connectivity index (χ2v) is 6.06. The molecule has 114 valence electrons. The lowest BCUT2D eigenvalue weighted by molar-refractivity contribution is -0.108. The number of hydrogen-bond donors (Lipinski definition) is 0. The van der Waals surface area contributed by atoms with Crippen molar-refractivity contribution in [3.05, 3.63) is 52.1 Å². The summed E-state index contributed by atoms with van der Waals surface area (Å²) in [5, 5.41) is 2.44. The summed E-state index contributed by atoms with van der Waals surface area (Å²) in [4.78, 5) is 14.2. The highest BCUT2D eigenvalue weighted by Crippen LogP contribution is 2.43. The molecule has 0 fully saturated rings. The van der Waals surface area contributed by atoms with E-state index in [2.05, 4.69) is 0 Å². The molecule has 0 saturated heterocycles. The fraction of sp³-hybridized carbons (Fsp3) is 0.188. The van der Waals surface area contributed by atoms with Gasteiger partial charge in [-0.1, -0.05) is 11.6 Å². The number of carbonyl (C=O) groups excluding carboxylic acids is 1. The van der Waals surface area contributed by atoms with Crippen molar-refractivity contribution in [1.82, 2.24) is 0 Å². The maximum atomic E-state index is 13.5. The van der Waals surface area contributed by atoms with Gasteiger partial charge in [0.05, 0.1) is 17.3 Å². The predicted octanol–water partition coefficient (Wildman–Crippen LogP) is 4.58. The van der Waals surface area contributed by atoms with Gasteiger partial charge in [-0.3, -0.25) is 0 Å². The van der Waals surface area contributed by atoms with Crippen molar-refractivity contribution in [3.63, 3.8) is 0 Å². The Hall–Kier alpha value is -1.85. The molecular weight excluding hydrogens is 325 g/mol. The lowest BCUT2D eigenvalue weighted by Crippen LogP contribution is -2.27. The van der Waals surface area contributed by atoms with Crippen LogP contribution >= 0.6 is 22.9 Å². The van der Waals surface area contributed by atoms with E-state index in [1.165, 1.54) is 23.5 Å². The van der Waals surface area contributed by atoms with Gasteiger partial charge in [0.1, 0.15) is 23.9 Å². The molecule has 2 aromatic rings. The molecule has 2 heterocycles. The summed E-state index contributed by atoms with van der Waals surface area (Å²) in [5.41, 5.74) is 1.47. The van der Waals surface area contributed by atoms with Gasteiger partial charge in [0.2, 0.25) is 0 Å². The number of benzene rings is 1. The largest absolute Gasteiger partial charge is 0.492 e. The highest BCUT2D eigenvalue weighted by molar-refractivity contribution is 7.10. The molecule has 1 unspecified atom stereocenters. The molecule has 0 amide bonds. The standard InChI is InChI=1S/C16H13ClFNO2S/c1-2-21-15-7-10(18)3-4-13(15)19-8-12(17)11-5-6-22-16(11)14(19)9-20/h3-9,14H,2H2,1H3. The first-order chi connectivity index (χ1) is 10.7. The quantitative estimate of drug-likeness (QED) is 0.765. The second-order valence-electron chi connectivity index (χ2n) is 4.71. The molecule has 1 aliphatic heterocycles. The van der Waals surface area contributed by atoms with Crippen LogP contribution in [0.25, 0.3) is 5.03 Å². The normalized spacial score (nSPS) is 17.0. The van der Waals surface area contributed by atoms with Gasteiger partial charge in [-0.2, -0.15) is 0 Å². The number of halogens is 2. The van der Waals surface area contributed by atoms with E-state index in [4.69, 9.17) is 16.3 Å². The van der Waals surface area contributed by atoms with Crippen LogP contribution in [-0.4, -0.2) is 12.9 Å². The van der Waals surface area contributed by atoms with E-state index < -0.39 is 11.9 Å². The van der Waals surface area contributed by atoms with Gasteiger partial charge in [0, 0.05) is 22.7 Å². The zero-order chi connectivity index (χ0) is 15.7. The van der Waals surface area contributed by atoms with E-state index in [0.29, 0.717) is 23.1 Å². The molecule has 22 heavy (non-hydrogen) atoms. The monoisotopic (exact) mass is 337 g/mol. The van der Waals surface area contributed by atoms with Gasteiger partial charge in [0.25, 0.3) is 0 Å². The molecule has 0 aliphatic carbocycles. The van der Waals surface area contributed by atoms with Crippen molar-refractivity contribution in [3.8, 4) is 5.75 Å². The SMILES string of the molecule is CCOc1cc(F)ccc1N1C=C(Cl)c2ccsc2C1C=O. The van der Waals surface area contributed by atoms with Crippen molar-refractivity contribution in [2.24, 2.45) is 0 Å². The van der Waals surface area contributed by atoms with Crippen LogP contribution in [0.1, 0.15) is 23.4 Å². The fourth-order valence-corrected chi connectivity index (χ4v) is 3.75. The number of carbonyl (C=O) groups is 1. The topological polar surface area (TPSA) is 29.5 Å². The van der Waals surface area contributed by atoms with Crippen molar-refractivity contribution in [2.75, 3.05) is 11.5 Å². The Labute approximate surface area is 136 Å². The molecule has 1 aromatic heterocycles. The average molecular weight is 338 g/mol. The zero-order valence-electron chi connectivity index (χ0n) is 11.8. The predicted molar refractivity (Wildman–Crippen MR) is 87.0 cm³/mol. The summed E-state index contributed by atoms with van der Waals surface area (Å²) in [6.45, 7) is 2.22. The maximum absolute atomic E-state index is 13.5. The van der Waals surface area contributed by atoms with Crippen molar-refractivity contribution >= 4 is 39.9 Å². The van der Waals surface area contributed by atoms with Crippen LogP contribution in [-0.2, 0) is 4.79 Å². The molecular formula is C16H13ClFNO2S. The second kappa shape index (κ2) is 6.10. The van der Waals surface area contributed by atoms with Gasteiger partial charge >= 0.3 is 0 Å². The van der Waals surface area contributed by atoms with Crippen LogP contribution in [0.2, 0.25) is 0 Å². The minimum Gasteiger partial charge on any atom is -0.492 e. The van der Waals surface area contributed by atoms with E-state index in [-0.39, 0.29) is 0 Å². The van der Waals surface area contributed by atoms with Crippen LogP contribution < -0.4 is 9.64 Å². The van der Waals surface area contributed by atoms with Gasteiger partial charge in [0.15, 0.2) is 0 Å². The lowest BCUT2D eigenvalue weighted by atomic mass is 10.1. The van der Waals surface area contributed by atoms with E-state index in [1.54, 1.807) is 17.2 Å². The van der Waals surface area contributed by atoms with Crippen LogP contribution in [0.15, 0.2) is 35.8 Å². The van der Waals surface area contributed by atoms with E-state index in [0.717, 1.165) is 16.7 Å². The fourth-order valence-electron chi connectivity index (χ4n) is 2.46. The molecule has 1 atom stereocenters. The minimum atomic E-state index is -0.498. The van der Waals surface area contributed by atoms with Crippen LogP contribution in [0.5, 0.6) is 5.75 Å². The Morgan fingerprint density at radius 1 is 1.45 bits per heavy atom. The number of fused-ring (bicyclic) bond motifs is 1. The Balaban J connectivity index is 2.12. The highest BCUT2D eigenvalue weighted by Gasteiger charge is 2.30. The number of ether oxygens (including phenoxy) is 1. The molecule has 1 aliphatic rings. The third kappa shape index (κ3) is 2.51. The van der Waals surface area contributed by atoms with Crippen molar-refractivity contribution in [2.45, 2.75) is 13.0 Å². The molecule has 3 rings (SSSR count). The maximum Gasteiger partial charge on any atom is 0.148 e. The minimum absolute atomic E-state index is 0.384. The summed E-state index contributed by atoms with van der Waals surface area (Å²) in [6, 6.07) is 5.64. The highest BCUT2D eigenvalue weighted by atomic mass is 35.5. The van der Waals surface area contributed by atoms with E-state index in [9.17, 15) is 9.18 Å². The molecule has 0 radical (unpaired) electrons. The number of rotatable bonds is 4. The van der Waals surface area contributed by atoms with Gasteiger partial charge in [-0.15, -0.1) is 11.3 Å². The number of anilines is 1. The molecule has 0 bridgehead atoms. The van der Waals surface area contributed by atoms with Crippen molar-refractivity contribution in [1.29, 1.82) is 0 Å². The van der Waals surface area contributed by atoms with Gasteiger partial charge in [-0.25, -0.2) is 4.39 Å². The summed E-state index contributed by atoms with van der Waals surface area (Å²) < 4.78 is 19.0. The molecule has 0 saturated carbocycles. The summed E-state index contributed by atoms with van der Waals surface area (Å²) in [6.07, 6.45) is 2.54. The van der Waals surface area contributed by atoms with Crippen LogP contribution in [0.3, 0.4) is 0 Å². The first kappa shape index (κ1) is 15.1. The zero-order valence-corrected chi connectivity index (χ0v) is 13.3. The molecule has 0 N–H and O–H groups in total. The molecule has 1 aromatic carbocycles. The average Bonchev–Trinajstić information content (AvgIpc) is 2.98. The number of aldehydes is 1. The Morgan fingerprint density at radius 3 is 3.00 bits per heavy atom. The van der Waals surface area contributed by atoms with Gasteiger partial charge < -0.3 is 14.4 Å². The third-order valence-corrected chi connectivity index (χ3v) is 4.69. The smallest absolute Gasteiger partial charge is 0.148 e. The Bertz CT molecular complexity index is 743. The van der Waals surface area contributed by atoms with Gasteiger partial charge in [-0.05, 0) is 30.5 Å². The summed E-state index contributed by atoms with van der Waals surface area (Å²) in [5.74, 6) is -0.00572. The Kier molecular flexibility index (Phi) is 4.18. The Morgan fingerprint density at radius 2 is 2.27 bits per heavy atom. The lowest BCUT2D eigenvalue weighted by Gasteiger charge is -2.32. The van der Waals surface area contributed by atoms with Crippen LogP contribution in [0, 0.1) is 5.82 Å². The third-order valence-electron chi connectivity index (χ3n) is 3.40. The molecule has 3 nitrogen and oxygen atoms in total. The van der Waals surface area contributed by atoms with Crippen LogP contribution in [0.4, 0.5) is 10.1 Å². The van der Waals surface area contributed by atoms with Crippen molar-refractivity contribution < 1.29 is 13.9 Å². The number of thiophene rings is 1. The first-order valence-corrected chi connectivity index (χ1v) is 8.02.